The average molecular weight is 517 g/mol. The van der Waals surface area contributed by atoms with Crippen molar-refractivity contribution in [3.63, 3.8) is 0 Å². The zero-order valence-corrected chi connectivity index (χ0v) is 22.7. The van der Waals surface area contributed by atoms with Crippen LogP contribution in [0.3, 0.4) is 0 Å². The van der Waals surface area contributed by atoms with Crippen molar-refractivity contribution < 1.29 is 9.47 Å². The minimum atomic E-state index is -0.0577. The van der Waals surface area contributed by atoms with Gasteiger partial charge in [0.1, 0.15) is 0 Å². The van der Waals surface area contributed by atoms with E-state index in [9.17, 15) is 4.79 Å². The van der Waals surface area contributed by atoms with Gasteiger partial charge in [-0.15, -0.1) is 5.10 Å². The van der Waals surface area contributed by atoms with Crippen molar-refractivity contribution in [3.05, 3.63) is 74.8 Å². The molecule has 2 heterocycles. The second-order valence-electron chi connectivity index (χ2n) is 10.2. The summed E-state index contributed by atoms with van der Waals surface area (Å²) < 4.78 is 12.9. The molecule has 9 heteroatoms. The molecule has 4 aromatic rings. The van der Waals surface area contributed by atoms with E-state index in [0.29, 0.717) is 30.6 Å². The lowest BCUT2D eigenvalue weighted by molar-refractivity contribution is 0.243. The van der Waals surface area contributed by atoms with Gasteiger partial charge in [-0.25, -0.2) is 4.68 Å². The van der Waals surface area contributed by atoms with Crippen LogP contribution in [0.2, 0.25) is 0 Å². The number of aromatic nitrogens is 5. The summed E-state index contributed by atoms with van der Waals surface area (Å²) in [4.78, 5) is 18.6. The van der Waals surface area contributed by atoms with Crippen LogP contribution in [-0.2, 0) is 19.5 Å². The van der Waals surface area contributed by atoms with Crippen LogP contribution >= 0.6 is 0 Å². The van der Waals surface area contributed by atoms with Crippen molar-refractivity contribution in [2.45, 2.75) is 65.1 Å². The van der Waals surface area contributed by atoms with Gasteiger partial charge in [-0.1, -0.05) is 31.0 Å². The molecule has 200 valence electrons. The molecule has 1 N–H and O–H groups in total. The summed E-state index contributed by atoms with van der Waals surface area (Å²) >= 11 is 0. The largest absolute Gasteiger partial charge is 0.493 e. The van der Waals surface area contributed by atoms with Crippen LogP contribution in [0.1, 0.15) is 59.8 Å². The van der Waals surface area contributed by atoms with E-state index < -0.39 is 0 Å². The number of fused-ring (bicyclic) bond motifs is 1. The average Bonchev–Trinajstić information content (AvgIpc) is 3.62. The quantitative estimate of drug-likeness (QED) is 0.331. The molecule has 1 aliphatic carbocycles. The predicted molar refractivity (Wildman–Crippen MR) is 147 cm³/mol. The number of aromatic amines is 1. The topological polar surface area (TPSA) is 98.2 Å². The third kappa shape index (κ3) is 5.43. The van der Waals surface area contributed by atoms with Gasteiger partial charge < -0.3 is 14.5 Å². The molecule has 0 aliphatic heterocycles. The second-order valence-corrected chi connectivity index (χ2v) is 10.2. The third-order valence-electron chi connectivity index (χ3n) is 7.78. The minimum Gasteiger partial charge on any atom is -0.493 e. The molecule has 0 atom stereocenters. The maximum atomic E-state index is 13.2. The van der Waals surface area contributed by atoms with Crippen molar-refractivity contribution in [3.8, 4) is 11.5 Å². The Hall–Kier alpha value is -3.72. The highest BCUT2D eigenvalue weighted by molar-refractivity contribution is 5.83. The molecule has 1 fully saturated rings. The third-order valence-corrected chi connectivity index (χ3v) is 7.78. The van der Waals surface area contributed by atoms with Gasteiger partial charge in [-0.05, 0) is 83.8 Å². The number of nitrogens with zero attached hydrogens (tertiary/aromatic N) is 5. The summed E-state index contributed by atoms with van der Waals surface area (Å²) in [6.45, 7) is 5.87. The Morgan fingerprint density at radius 1 is 1.03 bits per heavy atom. The van der Waals surface area contributed by atoms with Crippen molar-refractivity contribution in [1.29, 1.82) is 0 Å². The van der Waals surface area contributed by atoms with Crippen LogP contribution in [0.4, 0.5) is 0 Å². The molecule has 0 bridgehead atoms. The number of methoxy groups -OCH3 is 2. The van der Waals surface area contributed by atoms with E-state index in [1.165, 1.54) is 12.8 Å². The second kappa shape index (κ2) is 11.3. The lowest BCUT2D eigenvalue weighted by Crippen LogP contribution is -2.30. The fraction of sp³-hybridized carbons (Fsp3) is 0.448. The number of rotatable bonds is 10. The van der Waals surface area contributed by atoms with Crippen LogP contribution in [0, 0.1) is 13.8 Å². The van der Waals surface area contributed by atoms with E-state index in [2.05, 4.69) is 50.5 Å². The molecule has 0 radical (unpaired) electrons. The van der Waals surface area contributed by atoms with E-state index in [4.69, 9.17) is 9.47 Å². The summed E-state index contributed by atoms with van der Waals surface area (Å²) in [7, 11) is 3.28. The summed E-state index contributed by atoms with van der Waals surface area (Å²) in [5.41, 5.74) is 4.97. The Kier molecular flexibility index (Phi) is 7.74. The normalized spacial score (nSPS) is 14.0. The summed E-state index contributed by atoms with van der Waals surface area (Å²) in [5, 5.41) is 13.7. The van der Waals surface area contributed by atoms with Gasteiger partial charge in [0.15, 0.2) is 17.3 Å². The molecule has 0 unspecified atom stereocenters. The highest BCUT2D eigenvalue weighted by Gasteiger charge is 2.23. The highest BCUT2D eigenvalue weighted by Crippen LogP contribution is 2.30. The van der Waals surface area contributed by atoms with Crippen LogP contribution in [-0.4, -0.2) is 50.9 Å². The van der Waals surface area contributed by atoms with Gasteiger partial charge in [0.2, 0.25) is 0 Å². The van der Waals surface area contributed by atoms with E-state index in [1.54, 1.807) is 14.2 Å². The first-order chi connectivity index (χ1) is 18.5. The van der Waals surface area contributed by atoms with Crippen molar-refractivity contribution >= 4 is 10.9 Å². The predicted octanol–water partition coefficient (Wildman–Crippen LogP) is 4.51. The van der Waals surface area contributed by atoms with Crippen LogP contribution in [0.25, 0.3) is 10.9 Å². The summed E-state index contributed by atoms with van der Waals surface area (Å²) in [6.07, 6.45) is 5.39. The van der Waals surface area contributed by atoms with Crippen molar-refractivity contribution in [2.24, 2.45) is 0 Å². The Balaban J connectivity index is 1.43. The van der Waals surface area contributed by atoms with E-state index in [-0.39, 0.29) is 5.56 Å². The SMILES string of the molecule is COc1ccc(CCN(Cc2cc3ccc(C)c(C)c3[nH]c2=O)Cc2nnnn2C2CCCC2)cc1OC. The van der Waals surface area contributed by atoms with Crippen molar-refractivity contribution in [1.82, 2.24) is 30.1 Å². The summed E-state index contributed by atoms with van der Waals surface area (Å²) in [5.74, 6) is 2.25. The number of H-pyrrole nitrogens is 1. The maximum absolute atomic E-state index is 13.2. The molecule has 0 spiro atoms. The fourth-order valence-electron chi connectivity index (χ4n) is 5.41. The van der Waals surface area contributed by atoms with Gasteiger partial charge in [0, 0.05) is 18.7 Å². The molecule has 9 nitrogen and oxygen atoms in total. The summed E-state index contributed by atoms with van der Waals surface area (Å²) in [6, 6.07) is 12.5. The number of pyridine rings is 1. The maximum Gasteiger partial charge on any atom is 0.252 e. The Morgan fingerprint density at radius 3 is 2.58 bits per heavy atom. The monoisotopic (exact) mass is 516 g/mol. The first-order valence-corrected chi connectivity index (χ1v) is 13.3. The highest BCUT2D eigenvalue weighted by atomic mass is 16.5. The van der Waals surface area contributed by atoms with E-state index in [0.717, 1.165) is 64.8 Å². The molecule has 0 amide bonds. The molecule has 38 heavy (non-hydrogen) atoms. The lowest BCUT2D eigenvalue weighted by Gasteiger charge is -2.23. The molecular formula is C29H36N6O3. The number of hydrogen-bond donors (Lipinski definition) is 1. The van der Waals surface area contributed by atoms with E-state index in [1.807, 2.05) is 29.8 Å². The van der Waals surface area contributed by atoms with Crippen LogP contribution in [0.15, 0.2) is 41.2 Å². The zero-order valence-electron chi connectivity index (χ0n) is 22.7. The molecule has 5 rings (SSSR count). The lowest BCUT2D eigenvalue weighted by atomic mass is 10.0. The van der Waals surface area contributed by atoms with Crippen LogP contribution < -0.4 is 15.0 Å². The molecule has 1 saturated carbocycles. The molecule has 2 aromatic heterocycles. The first-order valence-electron chi connectivity index (χ1n) is 13.3. The first kappa shape index (κ1) is 25.9. The van der Waals surface area contributed by atoms with Crippen molar-refractivity contribution in [2.75, 3.05) is 20.8 Å². The minimum absolute atomic E-state index is 0.0577. The Labute approximate surface area is 222 Å². The Bertz CT molecular complexity index is 1470. The Morgan fingerprint density at radius 2 is 1.82 bits per heavy atom. The number of hydrogen-bond acceptors (Lipinski definition) is 7. The molecule has 0 saturated heterocycles. The fourth-order valence-corrected chi connectivity index (χ4v) is 5.41. The van der Waals surface area contributed by atoms with Gasteiger partial charge in [-0.2, -0.15) is 0 Å². The zero-order chi connectivity index (χ0) is 26.6. The number of benzene rings is 2. The van der Waals surface area contributed by atoms with Gasteiger partial charge in [0.25, 0.3) is 5.56 Å². The van der Waals surface area contributed by atoms with Gasteiger partial charge in [0.05, 0.1) is 32.3 Å². The number of tetrazole rings is 1. The molecule has 1 aliphatic rings. The smallest absolute Gasteiger partial charge is 0.252 e. The number of aryl methyl sites for hydroxylation is 2. The number of nitrogens with one attached hydrogen (secondary N) is 1. The molecular weight excluding hydrogens is 480 g/mol. The van der Waals surface area contributed by atoms with Gasteiger partial charge >= 0.3 is 0 Å². The molecule has 2 aromatic carbocycles. The number of ether oxygens (including phenoxy) is 2. The standard InChI is InChI=1S/C29H36N6O3/c1-19-9-11-22-16-23(29(36)30-28(22)20(19)2)17-34(14-13-21-10-12-25(37-3)26(15-21)38-4)18-27-31-32-33-35(27)24-7-5-6-8-24/h9-12,15-16,24H,5-8,13-14,17-18H2,1-4H3,(H,30,36). The van der Waals surface area contributed by atoms with E-state index >= 15 is 0 Å². The van der Waals surface area contributed by atoms with Crippen LogP contribution in [0.5, 0.6) is 11.5 Å². The van der Waals surface area contributed by atoms with Gasteiger partial charge in [-0.3, -0.25) is 9.69 Å².